The highest BCUT2D eigenvalue weighted by Crippen LogP contribution is 2.03. The van der Waals surface area contributed by atoms with Gasteiger partial charge in [0, 0.05) is 25.2 Å². The van der Waals surface area contributed by atoms with E-state index in [0.717, 1.165) is 18.4 Å². The summed E-state index contributed by atoms with van der Waals surface area (Å²) < 4.78 is 24.7. The molecule has 0 saturated carbocycles. The lowest BCUT2D eigenvalue weighted by molar-refractivity contribution is 0.0951. The van der Waals surface area contributed by atoms with Crippen LogP contribution in [0.25, 0.3) is 0 Å². The molecule has 1 amide bonds. The number of sulfonamides is 1. The quantitative estimate of drug-likeness (QED) is 0.796. The molecule has 0 heterocycles. The summed E-state index contributed by atoms with van der Waals surface area (Å²) in [5.41, 5.74) is 1.68. The lowest BCUT2D eigenvalue weighted by Gasteiger charge is -2.19. The van der Waals surface area contributed by atoms with Crippen LogP contribution < -0.4 is 5.32 Å². The highest BCUT2D eigenvalue weighted by Gasteiger charge is 2.15. The van der Waals surface area contributed by atoms with Gasteiger partial charge in [0.15, 0.2) is 0 Å². The fourth-order valence-corrected chi connectivity index (χ4v) is 2.76. The predicted molar refractivity (Wildman–Crippen MR) is 84.8 cm³/mol. The minimum atomic E-state index is -3.22. The summed E-state index contributed by atoms with van der Waals surface area (Å²) >= 11 is 0. The van der Waals surface area contributed by atoms with Crippen LogP contribution in [0.5, 0.6) is 0 Å². The van der Waals surface area contributed by atoms with E-state index >= 15 is 0 Å². The van der Waals surface area contributed by atoms with E-state index in [4.69, 9.17) is 0 Å². The van der Waals surface area contributed by atoms with Crippen molar-refractivity contribution in [3.05, 3.63) is 35.4 Å². The average molecular weight is 312 g/mol. The first kappa shape index (κ1) is 17.7. The zero-order valence-electron chi connectivity index (χ0n) is 12.9. The molecule has 5 nitrogen and oxygen atoms in total. The Morgan fingerprint density at radius 1 is 1.19 bits per heavy atom. The summed E-state index contributed by atoms with van der Waals surface area (Å²) in [5.74, 6) is -0.182. The van der Waals surface area contributed by atoms with Gasteiger partial charge >= 0.3 is 0 Å². The summed E-state index contributed by atoms with van der Waals surface area (Å²) in [5, 5.41) is 2.75. The van der Waals surface area contributed by atoms with E-state index in [1.807, 2.05) is 26.0 Å². The van der Waals surface area contributed by atoms with Crippen LogP contribution >= 0.6 is 0 Å². The minimum absolute atomic E-state index is 0.182. The normalized spacial score (nSPS) is 11.6. The van der Waals surface area contributed by atoms with Crippen molar-refractivity contribution in [2.24, 2.45) is 0 Å². The highest BCUT2D eigenvalue weighted by molar-refractivity contribution is 7.88. The molecule has 0 bridgehead atoms. The molecule has 118 valence electrons. The average Bonchev–Trinajstić information content (AvgIpc) is 2.41. The first-order valence-corrected chi connectivity index (χ1v) is 8.99. The van der Waals surface area contributed by atoms with Gasteiger partial charge in [0.05, 0.1) is 6.26 Å². The van der Waals surface area contributed by atoms with Gasteiger partial charge in [0.25, 0.3) is 5.91 Å². The van der Waals surface area contributed by atoms with Crippen molar-refractivity contribution >= 4 is 15.9 Å². The van der Waals surface area contributed by atoms with Crippen LogP contribution in [0.15, 0.2) is 24.3 Å². The van der Waals surface area contributed by atoms with Gasteiger partial charge in [-0.1, -0.05) is 31.0 Å². The number of unbranched alkanes of at least 4 members (excludes halogenated alkanes) is 1. The fourth-order valence-electron chi connectivity index (χ4n) is 1.88. The SMILES string of the molecule is CCCCN(CCNC(=O)c1ccc(C)cc1)S(C)(=O)=O. The lowest BCUT2D eigenvalue weighted by Crippen LogP contribution is -2.38. The molecule has 0 radical (unpaired) electrons. The number of nitrogens with zero attached hydrogens (tertiary/aromatic N) is 1. The second-order valence-corrected chi connectivity index (χ2v) is 7.12. The molecule has 0 aliphatic carbocycles. The number of rotatable bonds is 8. The van der Waals surface area contributed by atoms with Crippen molar-refractivity contribution < 1.29 is 13.2 Å². The summed E-state index contributed by atoms with van der Waals surface area (Å²) in [6.45, 7) is 5.08. The number of amides is 1. The van der Waals surface area contributed by atoms with Gasteiger partial charge in [0.1, 0.15) is 0 Å². The molecule has 1 aromatic carbocycles. The monoisotopic (exact) mass is 312 g/mol. The number of hydrogen-bond acceptors (Lipinski definition) is 3. The van der Waals surface area contributed by atoms with E-state index in [0.29, 0.717) is 25.2 Å². The Balaban J connectivity index is 2.50. The summed E-state index contributed by atoms with van der Waals surface area (Å²) in [6, 6.07) is 7.27. The molecule has 0 aliphatic heterocycles. The molecule has 1 aromatic rings. The van der Waals surface area contributed by atoms with E-state index in [2.05, 4.69) is 5.32 Å². The second-order valence-electron chi connectivity index (χ2n) is 5.14. The van der Waals surface area contributed by atoms with Crippen molar-refractivity contribution in [1.29, 1.82) is 0 Å². The third-order valence-corrected chi connectivity index (χ3v) is 4.49. The second kappa shape index (κ2) is 8.14. The smallest absolute Gasteiger partial charge is 0.251 e. The van der Waals surface area contributed by atoms with Crippen LogP contribution in [0.2, 0.25) is 0 Å². The first-order valence-electron chi connectivity index (χ1n) is 7.14. The maximum absolute atomic E-state index is 11.9. The number of carbonyl (C=O) groups excluding carboxylic acids is 1. The van der Waals surface area contributed by atoms with Crippen molar-refractivity contribution in [2.45, 2.75) is 26.7 Å². The van der Waals surface area contributed by atoms with Gasteiger partial charge in [-0.2, -0.15) is 0 Å². The minimum Gasteiger partial charge on any atom is -0.351 e. The van der Waals surface area contributed by atoms with E-state index in [9.17, 15) is 13.2 Å². The summed E-state index contributed by atoms with van der Waals surface area (Å²) in [7, 11) is -3.22. The Kier molecular flexibility index (Phi) is 6.84. The molecule has 0 unspecified atom stereocenters. The third kappa shape index (κ3) is 6.27. The van der Waals surface area contributed by atoms with Crippen LogP contribution in [-0.2, 0) is 10.0 Å². The summed E-state index contributed by atoms with van der Waals surface area (Å²) in [4.78, 5) is 11.9. The molecule has 0 atom stereocenters. The van der Waals surface area contributed by atoms with Gasteiger partial charge < -0.3 is 5.32 Å². The first-order chi connectivity index (χ1) is 9.84. The van der Waals surface area contributed by atoms with E-state index in [-0.39, 0.29) is 5.91 Å². The maximum Gasteiger partial charge on any atom is 0.251 e. The molecule has 0 aromatic heterocycles. The van der Waals surface area contributed by atoms with Crippen molar-refractivity contribution in [3.8, 4) is 0 Å². The van der Waals surface area contributed by atoms with Crippen molar-refractivity contribution in [1.82, 2.24) is 9.62 Å². The van der Waals surface area contributed by atoms with Crippen molar-refractivity contribution in [3.63, 3.8) is 0 Å². The number of aryl methyl sites for hydroxylation is 1. The van der Waals surface area contributed by atoms with Crippen LogP contribution in [0.3, 0.4) is 0 Å². The molecule has 0 aliphatic rings. The lowest BCUT2D eigenvalue weighted by atomic mass is 10.1. The zero-order valence-corrected chi connectivity index (χ0v) is 13.7. The van der Waals surface area contributed by atoms with Gasteiger partial charge in [-0.15, -0.1) is 0 Å². The Labute approximate surface area is 127 Å². The summed E-state index contributed by atoms with van der Waals surface area (Å²) in [6.07, 6.45) is 2.95. The van der Waals surface area contributed by atoms with Crippen LogP contribution in [-0.4, -0.2) is 44.5 Å². The zero-order chi connectivity index (χ0) is 15.9. The van der Waals surface area contributed by atoms with Crippen molar-refractivity contribution in [2.75, 3.05) is 25.9 Å². The topological polar surface area (TPSA) is 66.5 Å². The molecular formula is C15H24N2O3S. The van der Waals surface area contributed by atoms with E-state index in [1.165, 1.54) is 10.6 Å². The molecule has 0 saturated heterocycles. The molecule has 0 spiro atoms. The molecule has 1 N–H and O–H groups in total. The number of nitrogens with one attached hydrogen (secondary N) is 1. The molecular weight excluding hydrogens is 288 g/mol. The highest BCUT2D eigenvalue weighted by atomic mass is 32.2. The van der Waals surface area contributed by atoms with Crippen LogP contribution in [0.4, 0.5) is 0 Å². The molecule has 1 rings (SSSR count). The number of hydrogen-bond donors (Lipinski definition) is 1. The Morgan fingerprint density at radius 2 is 1.81 bits per heavy atom. The molecule has 0 fully saturated rings. The van der Waals surface area contributed by atoms with Gasteiger partial charge in [-0.25, -0.2) is 12.7 Å². The maximum atomic E-state index is 11.9. The third-order valence-electron chi connectivity index (χ3n) is 3.19. The molecule has 21 heavy (non-hydrogen) atoms. The number of benzene rings is 1. The fraction of sp³-hybridized carbons (Fsp3) is 0.533. The Hall–Kier alpha value is -1.40. The Bertz CT molecular complexity index is 553. The van der Waals surface area contributed by atoms with Crippen LogP contribution in [0.1, 0.15) is 35.7 Å². The molecule has 6 heteroatoms. The van der Waals surface area contributed by atoms with Gasteiger partial charge in [0.2, 0.25) is 10.0 Å². The largest absolute Gasteiger partial charge is 0.351 e. The van der Waals surface area contributed by atoms with E-state index in [1.54, 1.807) is 12.1 Å². The van der Waals surface area contributed by atoms with E-state index < -0.39 is 10.0 Å². The predicted octanol–water partition coefficient (Wildman–Crippen LogP) is 1.79. The Morgan fingerprint density at radius 3 is 2.33 bits per heavy atom. The van der Waals surface area contributed by atoms with Crippen LogP contribution in [0, 0.1) is 6.92 Å². The number of carbonyl (C=O) groups is 1. The van der Waals surface area contributed by atoms with Gasteiger partial charge in [-0.05, 0) is 25.5 Å². The van der Waals surface area contributed by atoms with Gasteiger partial charge in [-0.3, -0.25) is 4.79 Å². The standard InChI is InChI=1S/C15H24N2O3S/c1-4-5-11-17(21(3,19)20)12-10-16-15(18)14-8-6-13(2)7-9-14/h6-9H,4-5,10-12H2,1-3H3,(H,16,18).